The summed E-state index contributed by atoms with van der Waals surface area (Å²) >= 11 is 0. The first-order valence-corrected chi connectivity index (χ1v) is 11.0. The molecule has 7 nitrogen and oxygen atoms in total. The normalized spacial score (nSPS) is 11.8. The number of rotatable bonds is 4. The largest absolute Gasteiger partial charge is 0.386 e. The van der Waals surface area contributed by atoms with Gasteiger partial charge in [0.2, 0.25) is 0 Å². The first-order valence-electron chi connectivity index (χ1n) is 6.34. The Morgan fingerprint density at radius 3 is 1.76 bits per heavy atom. The topological polar surface area (TPSA) is 112 Å². The molecule has 0 aliphatic carbocycles. The Balaban J connectivity index is 2.19. The first-order chi connectivity index (χ1) is 11.5. The van der Waals surface area contributed by atoms with Crippen molar-refractivity contribution >= 4 is 51.4 Å². The van der Waals surface area contributed by atoms with Crippen LogP contribution in [-0.2, 0) is 22.8 Å². The second-order valence-electron chi connectivity index (χ2n) is 4.60. The van der Waals surface area contributed by atoms with E-state index in [0.29, 0.717) is 0 Å². The third-order valence-electron chi connectivity index (χ3n) is 2.91. The summed E-state index contributed by atoms with van der Waals surface area (Å²) in [5.74, 6) is -2.15. The van der Waals surface area contributed by atoms with Crippen LogP contribution in [0.1, 0.15) is 20.7 Å². The molecule has 0 bridgehead atoms. The zero-order valence-electron chi connectivity index (χ0n) is 12.0. The second kappa shape index (κ2) is 7.12. The van der Waals surface area contributed by atoms with Crippen LogP contribution in [0.4, 0.5) is 0 Å². The van der Waals surface area contributed by atoms with E-state index in [9.17, 15) is 26.4 Å². The van der Waals surface area contributed by atoms with Crippen molar-refractivity contribution in [2.75, 3.05) is 0 Å². The van der Waals surface area contributed by atoms with Gasteiger partial charge in [-0.1, -0.05) is 6.07 Å². The maximum atomic E-state index is 11.9. The number of ether oxygens (including phenoxy) is 1. The van der Waals surface area contributed by atoms with Gasteiger partial charge in [-0.05, 0) is 42.5 Å². The minimum Gasteiger partial charge on any atom is -0.386 e. The highest BCUT2D eigenvalue weighted by Gasteiger charge is 2.19. The summed E-state index contributed by atoms with van der Waals surface area (Å²) in [6.07, 6.45) is 0. The standard InChI is InChI=1S/C14H8Cl2O7S2/c15-24(19,20)11-6-4-9(5-7-11)13(17)23-14(18)10-2-1-3-12(8-10)25(16,21)22/h1-8H. The fraction of sp³-hybridized carbons (Fsp3) is 0. The Morgan fingerprint density at radius 2 is 1.24 bits per heavy atom. The molecule has 25 heavy (non-hydrogen) atoms. The Bertz CT molecular complexity index is 1040. The van der Waals surface area contributed by atoms with E-state index in [1.165, 1.54) is 18.2 Å². The second-order valence-corrected chi connectivity index (χ2v) is 9.74. The van der Waals surface area contributed by atoms with Crippen molar-refractivity contribution in [3.8, 4) is 0 Å². The average Bonchev–Trinajstić information content (AvgIpc) is 2.53. The molecule has 0 aromatic heterocycles. The predicted molar refractivity (Wildman–Crippen MR) is 88.7 cm³/mol. The Kier molecular flexibility index (Phi) is 5.52. The number of benzene rings is 2. The average molecular weight is 423 g/mol. The van der Waals surface area contributed by atoms with Gasteiger partial charge in [0.15, 0.2) is 0 Å². The summed E-state index contributed by atoms with van der Waals surface area (Å²) in [5, 5.41) is 0. The van der Waals surface area contributed by atoms with Crippen LogP contribution in [0.25, 0.3) is 0 Å². The van der Waals surface area contributed by atoms with Gasteiger partial charge in [0.25, 0.3) is 18.1 Å². The molecule has 0 amide bonds. The molecule has 0 heterocycles. The maximum Gasteiger partial charge on any atom is 0.346 e. The molecule has 0 saturated heterocycles. The number of esters is 2. The van der Waals surface area contributed by atoms with Gasteiger partial charge in [-0.3, -0.25) is 0 Å². The molecule has 2 aromatic carbocycles. The lowest BCUT2D eigenvalue weighted by Gasteiger charge is -2.05. The SMILES string of the molecule is O=C(OC(=O)c1cccc(S(=O)(=O)Cl)c1)c1ccc(S(=O)(=O)Cl)cc1. The van der Waals surface area contributed by atoms with Crippen molar-refractivity contribution < 1.29 is 31.2 Å². The summed E-state index contributed by atoms with van der Waals surface area (Å²) in [6, 6.07) is 9.01. The molecule has 132 valence electrons. The van der Waals surface area contributed by atoms with Crippen molar-refractivity contribution in [1.82, 2.24) is 0 Å². The third-order valence-corrected chi connectivity index (χ3v) is 5.63. The molecule has 0 atom stereocenters. The minimum absolute atomic E-state index is 0.0986. The third kappa shape index (κ3) is 5.02. The summed E-state index contributed by atoms with van der Waals surface area (Å²) in [7, 11) is 2.34. The zero-order chi connectivity index (χ0) is 18.8. The van der Waals surface area contributed by atoms with E-state index in [4.69, 9.17) is 21.4 Å². The van der Waals surface area contributed by atoms with E-state index in [0.717, 1.165) is 30.3 Å². The Labute approximate surface area is 152 Å². The molecule has 0 radical (unpaired) electrons. The summed E-state index contributed by atoms with van der Waals surface area (Å²) in [6.45, 7) is 0. The van der Waals surface area contributed by atoms with Crippen LogP contribution in [0.15, 0.2) is 58.3 Å². The molecule has 0 saturated carbocycles. The predicted octanol–water partition coefficient (Wildman–Crippen LogP) is 2.54. The van der Waals surface area contributed by atoms with Gasteiger partial charge >= 0.3 is 11.9 Å². The number of halogens is 2. The highest BCUT2D eigenvalue weighted by Crippen LogP contribution is 2.18. The minimum atomic E-state index is -4.05. The van der Waals surface area contributed by atoms with Crippen LogP contribution in [0.2, 0.25) is 0 Å². The molecule has 2 rings (SSSR count). The highest BCUT2D eigenvalue weighted by atomic mass is 35.7. The molecule has 0 unspecified atom stereocenters. The van der Waals surface area contributed by atoms with E-state index in [1.54, 1.807) is 0 Å². The van der Waals surface area contributed by atoms with Crippen LogP contribution >= 0.6 is 21.4 Å². The van der Waals surface area contributed by atoms with Crippen molar-refractivity contribution in [3.05, 3.63) is 59.7 Å². The van der Waals surface area contributed by atoms with Crippen molar-refractivity contribution in [1.29, 1.82) is 0 Å². The molecule has 0 spiro atoms. The van der Waals surface area contributed by atoms with Crippen molar-refractivity contribution in [3.63, 3.8) is 0 Å². The lowest BCUT2D eigenvalue weighted by molar-refractivity contribution is 0.0397. The number of hydrogen-bond donors (Lipinski definition) is 0. The Morgan fingerprint density at radius 1 is 0.720 bits per heavy atom. The van der Waals surface area contributed by atoms with Gasteiger partial charge in [-0.15, -0.1) is 0 Å². The van der Waals surface area contributed by atoms with E-state index in [2.05, 4.69) is 4.74 Å². The van der Waals surface area contributed by atoms with Gasteiger partial charge in [0.05, 0.1) is 20.9 Å². The Hall–Kier alpha value is -1.94. The molecule has 0 aliphatic rings. The van der Waals surface area contributed by atoms with E-state index in [-0.39, 0.29) is 20.9 Å². The van der Waals surface area contributed by atoms with Crippen LogP contribution < -0.4 is 0 Å². The van der Waals surface area contributed by atoms with Crippen LogP contribution in [-0.4, -0.2) is 28.8 Å². The summed E-state index contributed by atoms with van der Waals surface area (Å²) in [5.41, 5.74) is -0.298. The zero-order valence-corrected chi connectivity index (χ0v) is 15.2. The molecule has 0 aliphatic heterocycles. The highest BCUT2D eigenvalue weighted by molar-refractivity contribution is 8.14. The van der Waals surface area contributed by atoms with Gasteiger partial charge in [0, 0.05) is 21.4 Å². The number of hydrogen-bond acceptors (Lipinski definition) is 7. The van der Waals surface area contributed by atoms with E-state index >= 15 is 0 Å². The quantitative estimate of drug-likeness (QED) is 0.422. The lowest BCUT2D eigenvalue weighted by atomic mass is 10.2. The number of carbonyl (C=O) groups is 2. The summed E-state index contributed by atoms with van der Waals surface area (Å²) in [4.78, 5) is 23.3. The van der Waals surface area contributed by atoms with Crippen LogP contribution in [0.3, 0.4) is 0 Å². The summed E-state index contributed by atoms with van der Waals surface area (Å²) < 4.78 is 49.4. The van der Waals surface area contributed by atoms with E-state index < -0.39 is 30.0 Å². The fourth-order valence-corrected chi connectivity index (χ4v) is 3.30. The van der Waals surface area contributed by atoms with Gasteiger partial charge < -0.3 is 4.74 Å². The molecule has 0 fully saturated rings. The first kappa shape index (κ1) is 19.4. The monoisotopic (exact) mass is 422 g/mol. The van der Waals surface area contributed by atoms with Crippen molar-refractivity contribution in [2.45, 2.75) is 9.79 Å². The molecular weight excluding hydrogens is 415 g/mol. The smallest absolute Gasteiger partial charge is 0.346 e. The van der Waals surface area contributed by atoms with Crippen LogP contribution in [0, 0.1) is 0 Å². The van der Waals surface area contributed by atoms with Crippen LogP contribution in [0.5, 0.6) is 0 Å². The maximum absolute atomic E-state index is 11.9. The van der Waals surface area contributed by atoms with Gasteiger partial charge in [0.1, 0.15) is 0 Å². The fourth-order valence-electron chi connectivity index (χ4n) is 1.73. The molecule has 2 aromatic rings. The molecular formula is C14H8Cl2O7S2. The van der Waals surface area contributed by atoms with Crippen molar-refractivity contribution in [2.24, 2.45) is 0 Å². The molecule has 11 heteroatoms. The lowest BCUT2D eigenvalue weighted by Crippen LogP contribution is -2.13. The van der Waals surface area contributed by atoms with E-state index in [1.807, 2.05) is 0 Å². The molecule has 0 N–H and O–H groups in total. The van der Waals surface area contributed by atoms with Gasteiger partial charge in [-0.25, -0.2) is 26.4 Å². The van der Waals surface area contributed by atoms with Gasteiger partial charge in [-0.2, -0.15) is 0 Å². The number of carbonyl (C=O) groups excluding carboxylic acids is 2.